The average molecular weight is 273 g/mol. The van der Waals surface area contributed by atoms with Gasteiger partial charge >= 0.3 is 0 Å². The van der Waals surface area contributed by atoms with Crippen molar-refractivity contribution in [3.8, 4) is 11.8 Å². The number of methoxy groups -OCH3 is 1. The average Bonchev–Trinajstić information content (AvgIpc) is 2.77. The standard InChI is InChI=1S/C10H15N3O4S/c1-16-9-5-11-6-10(12-9)17-8-3-4-13(7-8)18(2,14)15/h5-6,8H,3-4,7H2,1-2H3. The van der Waals surface area contributed by atoms with Gasteiger partial charge in [0, 0.05) is 6.54 Å². The molecule has 1 atom stereocenters. The van der Waals surface area contributed by atoms with Gasteiger partial charge in [-0.2, -0.15) is 9.29 Å². The smallest absolute Gasteiger partial charge is 0.235 e. The molecule has 2 heterocycles. The maximum absolute atomic E-state index is 11.4. The van der Waals surface area contributed by atoms with Crippen molar-refractivity contribution >= 4 is 10.0 Å². The van der Waals surface area contributed by atoms with Gasteiger partial charge in [0.25, 0.3) is 0 Å². The molecular formula is C10H15N3O4S. The predicted octanol–water partition coefficient (Wildman–Crippen LogP) is -0.102. The zero-order valence-electron chi connectivity index (χ0n) is 10.2. The zero-order chi connectivity index (χ0) is 13.2. The maximum atomic E-state index is 11.4. The van der Waals surface area contributed by atoms with E-state index in [0.29, 0.717) is 31.3 Å². The molecule has 100 valence electrons. The van der Waals surface area contributed by atoms with Crippen molar-refractivity contribution in [2.24, 2.45) is 0 Å². The molecule has 1 aromatic rings. The Morgan fingerprint density at radius 3 is 2.72 bits per heavy atom. The summed E-state index contributed by atoms with van der Waals surface area (Å²) in [5.41, 5.74) is 0. The molecule has 8 heteroatoms. The van der Waals surface area contributed by atoms with E-state index in [1.54, 1.807) is 0 Å². The van der Waals surface area contributed by atoms with Crippen LogP contribution in [0.5, 0.6) is 11.8 Å². The normalized spacial score (nSPS) is 20.9. The lowest BCUT2D eigenvalue weighted by molar-refractivity contribution is 0.203. The molecule has 1 aliphatic rings. The van der Waals surface area contributed by atoms with Crippen LogP contribution in [0, 0.1) is 0 Å². The number of rotatable bonds is 4. The van der Waals surface area contributed by atoms with Gasteiger partial charge in [-0.15, -0.1) is 0 Å². The van der Waals surface area contributed by atoms with E-state index in [1.165, 1.54) is 30.1 Å². The quantitative estimate of drug-likeness (QED) is 0.762. The molecule has 0 bridgehead atoms. The van der Waals surface area contributed by atoms with Crippen molar-refractivity contribution in [3.05, 3.63) is 12.4 Å². The number of nitrogens with zero attached hydrogens (tertiary/aromatic N) is 3. The van der Waals surface area contributed by atoms with Crippen molar-refractivity contribution in [2.45, 2.75) is 12.5 Å². The van der Waals surface area contributed by atoms with Crippen LogP contribution < -0.4 is 9.47 Å². The van der Waals surface area contributed by atoms with Crippen LogP contribution in [0.15, 0.2) is 12.4 Å². The Hall–Kier alpha value is -1.41. The fourth-order valence-electron chi connectivity index (χ4n) is 1.75. The first kappa shape index (κ1) is 13.0. The Morgan fingerprint density at radius 2 is 2.11 bits per heavy atom. The maximum Gasteiger partial charge on any atom is 0.235 e. The van der Waals surface area contributed by atoms with Crippen molar-refractivity contribution < 1.29 is 17.9 Å². The van der Waals surface area contributed by atoms with Crippen LogP contribution >= 0.6 is 0 Å². The van der Waals surface area contributed by atoms with E-state index in [2.05, 4.69) is 9.97 Å². The molecular weight excluding hydrogens is 258 g/mol. The molecule has 18 heavy (non-hydrogen) atoms. The molecule has 0 N–H and O–H groups in total. The second-order valence-corrected chi connectivity index (χ2v) is 6.03. The highest BCUT2D eigenvalue weighted by atomic mass is 32.2. The van der Waals surface area contributed by atoms with E-state index < -0.39 is 10.0 Å². The second kappa shape index (κ2) is 5.07. The van der Waals surface area contributed by atoms with Gasteiger partial charge in [-0.1, -0.05) is 0 Å². The molecule has 1 fully saturated rings. The van der Waals surface area contributed by atoms with E-state index >= 15 is 0 Å². The van der Waals surface area contributed by atoms with Crippen LogP contribution in [0.2, 0.25) is 0 Å². The molecule has 1 aromatic heterocycles. The number of sulfonamides is 1. The highest BCUT2D eigenvalue weighted by Gasteiger charge is 2.30. The van der Waals surface area contributed by atoms with Crippen LogP contribution in [0.25, 0.3) is 0 Å². The molecule has 1 saturated heterocycles. The van der Waals surface area contributed by atoms with E-state index in [1.807, 2.05) is 0 Å². The third-order valence-electron chi connectivity index (χ3n) is 2.66. The summed E-state index contributed by atoms with van der Waals surface area (Å²) in [6.07, 6.45) is 4.60. The SMILES string of the molecule is COc1cncc(OC2CCN(S(C)(=O)=O)C2)n1. The summed E-state index contributed by atoms with van der Waals surface area (Å²) >= 11 is 0. The first-order chi connectivity index (χ1) is 8.49. The minimum absolute atomic E-state index is 0.193. The van der Waals surface area contributed by atoms with Crippen LogP contribution in [-0.4, -0.2) is 55.3 Å². The molecule has 0 saturated carbocycles. The van der Waals surface area contributed by atoms with Crippen LogP contribution in [0.3, 0.4) is 0 Å². The third-order valence-corrected chi connectivity index (χ3v) is 3.93. The van der Waals surface area contributed by atoms with Gasteiger partial charge in [-0.05, 0) is 6.42 Å². The van der Waals surface area contributed by atoms with Crippen LogP contribution in [0.1, 0.15) is 6.42 Å². The van der Waals surface area contributed by atoms with Gasteiger partial charge in [0.05, 0.1) is 32.3 Å². The first-order valence-electron chi connectivity index (χ1n) is 5.47. The van der Waals surface area contributed by atoms with Gasteiger partial charge in [-0.3, -0.25) is 4.98 Å². The van der Waals surface area contributed by atoms with Crippen LogP contribution in [-0.2, 0) is 10.0 Å². The van der Waals surface area contributed by atoms with Crippen molar-refractivity contribution in [2.75, 3.05) is 26.5 Å². The fraction of sp³-hybridized carbons (Fsp3) is 0.600. The monoisotopic (exact) mass is 273 g/mol. The summed E-state index contributed by atoms with van der Waals surface area (Å²) < 4.78 is 34.6. The van der Waals surface area contributed by atoms with E-state index in [9.17, 15) is 8.42 Å². The Kier molecular flexibility index (Phi) is 3.67. The zero-order valence-corrected chi connectivity index (χ0v) is 11.1. The molecule has 0 aromatic carbocycles. The highest BCUT2D eigenvalue weighted by Crippen LogP contribution is 2.19. The molecule has 2 rings (SSSR count). The Labute approximate surface area is 106 Å². The van der Waals surface area contributed by atoms with Gasteiger partial charge in [0.15, 0.2) is 0 Å². The minimum atomic E-state index is -3.15. The largest absolute Gasteiger partial charge is 0.480 e. The number of hydrogen-bond donors (Lipinski definition) is 0. The van der Waals surface area contributed by atoms with Gasteiger partial charge in [0.1, 0.15) is 6.10 Å². The Morgan fingerprint density at radius 1 is 1.39 bits per heavy atom. The molecule has 7 nitrogen and oxygen atoms in total. The predicted molar refractivity (Wildman–Crippen MR) is 64.0 cm³/mol. The number of aromatic nitrogens is 2. The molecule has 0 aliphatic carbocycles. The van der Waals surface area contributed by atoms with Crippen molar-refractivity contribution in [3.63, 3.8) is 0 Å². The summed E-state index contributed by atoms with van der Waals surface area (Å²) in [6, 6.07) is 0. The second-order valence-electron chi connectivity index (χ2n) is 4.05. The topological polar surface area (TPSA) is 81.6 Å². The molecule has 0 radical (unpaired) electrons. The van der Waals surface area contributed by atoms with E-state index in [4.69, 9.17) is 9.47 Å². The first-order valence-corrected chi connectivity index (χ1v) is 7.31. The lowest BCUT2D eigenvalue weighted by atomic mass is 10.3. The highest BCUT2D eigenvalue weighted by molar-refractivity contribution is 7.88. The Balaban J connectivity index is 1.99. The Bertz CT molecular complexity index is 520. The van der Waals surface area contributed by atoms with Crippen LogP contribution in [0.4, 0.5) is 0 Å². The van der Waals surface area contributed by atoms with Gasteiger partial charge in [-0.25, -0.2) is 8.42 Å². The minimum Gasteiger partial charge on any atom is -0.480 e. The van der Waals surface area contributed by atoms with E-state index in [-0.39, 0.29) is 6.10 Å². The fourth-order valence-corrected chi connectivity index (χ4v) is 2.63. The summed E-state index contributed by atoms with van der Waals surface area (Å²) in [4.78, 5) is 7.99. The summed E-state index contributed by atoms with van der Waals surface area (Å²) in [6.45, 7) is 0.818. The molecule has 1 unspecified atom stereocenters. The summed E-state index contributed by atoms with van der Waals surface area (Å²) in [5, 5.41) is 0. The third kappa shape index (κ3) is 3.08. The lowest BCUT2D eigenvalue weighted by Gasteiger charge is -2.14. The van der Waals surface area contributed by atoms with Gasteiger partial charge < -0.3 is 9.47 Å². The lowest BCUT2D eigenvalue weighted by Crippen LogP contribution is -2.30. The molecule has 1 aliphatic heterocycles. The molecule has 0 amide bonds. The van der Waals surface area contributed by atoms with Crippen molar-refractivity contribution in [1.82, 2.24) is 14.3 Å². The number of ether oxygens (including phenoxy) is 2. The number of hydrogen-bond acceptors (Lipinski definition) is 6. The molecule has 0 spiro atoms. The summed E-state index contributed by atoms with van der Waals surface area (Å²) in [7, 11) is -1.65. The van der Waals surface area contributed by atoms with Crippen molar-refractivity contribution in [1.29, 1.82) is 0 Å². The summed E-state index contributed by atoms with van der Waals surface area (Å²) in [5.74, 6) is 0.708. The van der Waals surface area contributed by atoms with E-state index in [0.717, 1.165) is 0 Å². The van der Waals surface area contributed by atoms with Gasteiger partial charge in [0.2, 0.25) is 21.8 Å².